The Bertz CT molecular complexity index is 3370. The van der Waals surface area contributed by atoms with E-state index in [1.165, 1.54) is 27.8 Å². The molecular formula is C60H39NO2. The monoisotopic (exact) mass is 805 g/mol. The van der Waals surface area contributed by atoms with E-state index >= 15 is 0 Å². The molecule has 2 aromatic heterocycles. The van der Waals surface area contributed by atoms with Gasteiger partial charge in [-0.3, -0.25) is 0 Å². The molecule has 0 radical (unpaired) electrons. The predicted molar refractivity (Wildman–Crippen MR) is 263 cm³/mol. The molecule has 0 spiro atoms. The second-order valence-corrected chi connectivity index (χ2v) is 16.1. The average molecular weight is 806 g/mol. The summed E-state index contributed by atoms with van der Waals surface area (Å²) in [6.07, 6.45) is 0. The minimum atomic E-state index is 0.893. The van der Waals surface area contributed by atoms with E-state index in [1.54, 1.807) is 0 Å². The molecule has 0 saturated carbocycles. The number of benzene rings is 10. The van der Waals surface area contributed by atoms with Crippen molar-refractivity contribution in [2.24, 2.45) is 0 Å². The molecule has 0 aliphatic heterocycles. The summed E-state index contributed by atoms with van der Waals surface area (Å²) in [6, 6.07) is 84.3. The third-order valence-corrected chi connectivity index (χ3v) is 12.3. The summed E-state index contributed by atoms with van der Waals surface area (Å²) < 4.78 is 12.5. The van der Waals surface area contributed by atoms with Crippen molar-refractivity contribution in [2.45, 2.75) is 0 Å². The summed E-state index contributed by atoms with van der Waals surface area (Å²) in [6.45, 7) is 0. The van der Waals surface area contributed by atoms with Crippen molar-refractivity contribution in [3.05, 3.63) is 237 Å². The third-order valence-electron chi connectivity index (χ3n) is 12.3. The fraction of sp³-hybridized carbons (Fsp3) is 0. The van der Waals surface area contributed by atoms with Gasteiger partial charge in [0.05, 0.1) is 0 Å². The molecule has 0 fully saturated rings. The fourth-order valence-corrected chi connectivity index (χ4v) is 9.06. The summed E-state index contributed by atoms with van der Waals surface area (Å²) >= 11 is 0. The minimum absolute atomic E-state index is 0.893. The standard InChI is InChI=1S/C60H39NO2/c1-3-11-40(12-4-1)47-35-48(41-13-5-2-6-14-41)37-49(36-47)44-23-31-52(32-24-44)61(50-27-19-42(20-28-50)45-25-33-55-53-15-7-9-17-57(53)62-59(55)38-45)51-29-21-43(22-30-51)46-26-34-56-54-16-8-10-18-58(54)63-60(56)39-46/h1-39H. The van der Waals surface area contributed by atoms with Crippen LogP contribution < -0.4 is 4.90 Å². The van der Waals surface area contributed by atoms with Gasteiger partial charge in [-0.05, 0) is 147 Å². The summed E-state index contributed by atoms with van der Waals surface area (Å²) in [4.78, 5) is 2.33. The molecule has 12 aromatic rings. The van der Waals surface area contributed by atoms with Crippen LogP contribution in [0.3, 0.4) is 0 Å². The van der Waals surface area contributed by atoms with Crippen LogP contribution in [0.15, 0.2) is 245 Å². The average Bonchev–Trinajstić information content (AvgIpc) is 3.93. The molecule has 0 aliphatic rings. The first-order chi connectivity index (χ1) is 31.2. The molecule has 0 bridgehead atoms. The number of nitrogens with zero attached hydrogens (tertiary/aromatic N) is 1. The van der Waals surface area contributed by atoms with E-state index < -0.39 is 0 Å². The molecule has 0 N–H and O–H groups in total. The second-order valence-electron chi connectivity index (χ2n) is 16.1. The highest BCUT2D eigenvalue weighted by molar-refractivity contribution is 6.07. The lowest BCUT2D eigenvalue weighted by Gasteiger charge is -2.26. The molecule has 296 valence electrons. The van der Waals surface area contributed by atoms with E-state index in [-0.39, 0.29) is 0 Å². The Morgan fingerprint density at radius 2 is 0.508 bits per heavy atom. The zero-order valence-corrected chi connectivity index (χ0v) is 34.3. The van der Waals surface area contributed by atoms with Crippen molar-refractivity contribution in [1.29, 1.82) is 0 Å². The molecule has 2 heterocycles. The molecular weight excluding hydrogens is 767 g/mol. The highest BCUT2D eigenvalue weighted by Crippen LogP contribution is 2.40. The molecule has 0 amide bonds. The smallest absolute Gasteiger partial charge is 0.136 e. The topological polar surface area (TPSA) is 29.5 Å². The van der Waals surface area contributed by atoms with Gasteiger partial charge < -0.3 is 13.7 Å². The zero-order chi connectivity index (χ0) is 41.7. The normalized spacial score (nSPS) is 11.5. The van der Waals surface area contributed by atoms with Gasteiger partial charge in [-0.2, -0.15) is 0 Å². The van der Waals surface area contributed by atoms with E-state index in [2.05, 4.69) is 217 Å². The van der Waals surface area contributed by atoms with Crippen LogP contribution in [-0.4, -0.2) is 0 Å². The molecule has 10 aromatic carbocycles. The molecule has 12 rings (SSSR count). The van der Waals surface area contributed by atoms with Crippen molar-refractivity contribution < 1.29 is 8.83 Å². The quantitative estimate of drug-likeness (QED) is 0.153. The van der Waals surface area contributed by atoms with Gasteiger partial charge in [0.1, 0.15) is 22.3 Å². The number of fused-ring (bicyclic) bond motifs is 6. The van der Waals surface area contributed by atoms with Gasteiger partial charge in [0.15, 0.2) is 0 Å². The van der Waals surface area contributed by atoms with Crippen LogP contribution in [0.25, 0.3) is 99.5 Å². The van der Waals surface area contributed by atoms with Gasteiger partial charge in [0.25, 0.3) is 0 Å². The van der Waals surface area contributed by atoms with E-state index in [0.29, 0.717) is 0 Å². The van der Waals surface area contributed by atoms with E-state index in [4.69, 9.17) is 8.83 Å². The number of para-hydroxylation sites is 2. The molecule has 0 saturated heterocycles. The lowest BCUT2D eigenvalue weighted by Crippen LogP contribution is -2.09. The van der Waals surface area contributed by atoms with Crippen LogP contribution in [-0.2, 0) is 0 Å². The Labute approximate surface area is 365 Å². The molecule has 3 heteroatoms. The van der Waals surface area contributed by atoms with Gasteiger partial charge in [0.2, 0.25) is 0 Å². The second kappa shape index (κ2) is 15.3. The van der Waals surface area contributed by atoms with Crippen LogP contribution >= 0.6 is 0 Å². The third kappa shape index (κ3) is 6.73. The number of furan rings is 2. The van der Waals surface area contributed by atoms with Gasteiger partial charge >= 0.3 is 0 Å². The van der Waals surface area contributed by atoms with Gasteiger partial charge in [0, 0.05) is 38.6 Å². The number of rotatable bonds is 8. The van der Waals surface area contributed by atoms with Crippen LogP contribution in [0.1, 0.15) is 0 Å². The maximum absolute atomic E-state index is 6.25. The van der Waals surface area contributed by atoms with Crippen molar-refractivity contribution in [3.63, 3.8) is 0 Å². The van der Waals surface area contributed by atoms with Gasteiger partial charge in [-0.15, -0.1) is 0 Å². The number of hydrogen-bond donors (Lipinski definition) is 0. The first-order valence-electron chi connectivity index (χ1n) is 21.4. The van der Waals surface area contributed by atoms with Crippen molar-refractivity contribution in [1.82, 2.24) is 0 Å². The lowest BCUT2D eigenvalue weighted by atomic mass is 9.93. The van der Waals surface area contributed by atoms with Crippen molar-refractivity contribution in [2.75, 3.05) is 4.90 Å². The van der Waals surface area contributed by atoms with Crippen molar-refractivity contribution >= 4 is 60.9 Å². The van der Waals surface area contributed by atoms with Crippen LogP contribution in [0.4, 0.5) is 17.1 Å². The zero-order valence-electron chi connectivity index (χ0n) is 34.3. The predicted octanol–water partition coefficient (Wildman–Crippen LogP) is 17.3. The molecule has 3 nitrogen and oxygen atoms in total. The molecule has 0 aliphatic carbocycles. The van der Waals surface area contributed by atoms with E-state index in [1.807, 2.05) is 24.3 Å². The van der Waals surface area contributed by atoms with Crippen LogP contribution in [0.2, 0.25) is 0 Å². The van der Waals surface area contributed by atoms with Crippen molar-refractivity contribution in [3.8, 4) is 55.6 Å². The number of hydrogen-bond acceptors (Lipinski definition) is 3. The first-order valence-corrected chi connectivity index (χ1v) is 21.4. The highest BCUT2D eigenvalue weighted by Gasteiger charge is 2.16. The summed E-state index contributed by atoms with van der Waals surface area (Å²) in [7, 11) is 0. The molecule has 0 unspecified atom stereocenters. The Kier molecular flexibility index (Phi) is 8.83. The Morgan fingerprint density at radius 1 is 0.206 bits per heavy atom. The minimum Gasteiger partial charge on any atom is -0.456 e. The SMILES string of the molecule is c1ccc(-c2cc(-c3ccccc3)cc(-c3ccc(N(c4ccc(-c5ccc6c(c5)oc5ccccc56)cc4)c4ccc(-c5ccc6c(c5)oc5ccccc56)cc4)cc3)c2)cc1. The highest BCUT2D eigenvalue weighted by atomic mass is 16.3. The maximum atomic E-state index is 6.25. The summed E-state index contributed by atoms with van der Waals surface area (Å²) in [5.74, 6) is 0. The van der Waals surface area contributed by atoms with Crippen LogP contribution in [0, 0.1) is 0 Å². The Morgan fingerprint density at radius 3 is 0.905 bits per heavy atom. The Hall–Kier alpha value is -8.40. The largest absolute Gasteiger partial charge is 0.456 e. The molecule has 63 heavy (non-hydrogen) atoms. The maximum Gasteiger partial charge on any atom is 0.136 e. The van der Waals surface area contributed by atoms with E-state index in [0.717, 1.165) is 88.8 Å². The summed E-state index contributed by atoms with van der Waals surface area (Å²) in [5.41, 5.74) is 18.4. The van der Waals surface area contributed by atoms with Crippen LogP contribution in [0.5, 0.6) is 0 Å². The first kappa shape index (κ1) is 36.5. The lowest BCUT2D eigenvalue weighted by molar-refractivity contribution is 0.668. The van der Waals surface area contributed by atoms with E-state index in [9.17, 15) is 0 Å². The Balaban J connectivity index is 0.922. The molecule has 0 atom stereocenters. The van der Waals surface area contributed by atoms with Gasteiger partial charge in [-0.25, -0.2) is 0 Å². The van der Waals surface area contributed by atoms with Gasteiger partial charge in [-0.1, -0.05) is 146 Å². The number of anilines is 3. The fourth-order valence-electron chi connectivity index (χ4n) is 9.06. The summed E-state index contributed by atoms with van der Waals surface area (Å²) in [5, 5.41) is 4.53.